The van der Waals surface area contributed by atoms with Gasteiger partial charge in [0.25, 0.3) is 0 Å². The van der Waals surface area contributed by atoms with Crippen molar-refractivity contribution in [2.45, 2.75) is 62.8 Å². The van der Waals surface area contributed by atoms with Crippen molar-refractivity contribution in [1.82, 2.24) is 34.5 Å². The molecule has 0 radical (unpaired) electrons. The van der Waals surface area contributed by atoms with Gasteiger partial charge in [0.05, 0.1) is 32.9 Å². The first-order chi connectivity index (χ1) is 25.4. The number of rotatable bonds is 7. The number of carbonyl (C=O) groups excluding carboxylic acids is 1. The number of likely N-dealkylation sites (tertiary alicyclic amines) is 1. The Morgan fingerprint density at radius 1 is 1.26 bits per heavy atom. The molecule has 8 rings (SSSR count). The summed E-state index contributed by atoms with van der Waals surface area (Å²) in [4.78, 5) is 31.6. The van der Waals surface area contributed by atoms with E-state index in [9.17, 15) is 23.2 Å². The van der Waals surface area contributed by atoms with Gasteiger partial charge in [-0.25, -0.2) is 18.0 Å². The van der Waals surface area contributed by atoms with E-state index in [0.717, 1.165) is 41.7 Å². The van der Waals surface area contributed by atoms with Gasteiger partial charge in [-0.3, -0.25) is 4.90 Å². The van der Waals surface area contributed by atoms with Crippen LogP contribution in [0.1, 0.15) is 44.6 Å². The molecule has 0 saturated carbocycles. The monoisotopic (exact) mass is 768 g/mol. The van der Waals surface area contributed by atoms with E-state index < -0.39 is 35.5 Å². The van der Waals surface area contributed by atoms with Crippen LogP contribution in [0.2, 0.25) is 5.02 Å². The second-order valence-electron chi connectivity index (χ2n) is 13.8. The molecule has 276 valence electrons. The van der Waals surface area contributed by atoms with Crippen LogP contribution in [0.5, 0.6) is 6.01 Å². The fourth-order valence-electron chi connectivity index (χ4n) is 8.54. The lowest BCUT2D eigenvalue weighted by Gasteiger charge is -2.34. The summed E-state index contributed by atoms with van der Waals surface area (Å²) in [5.41, 5.74) is 5.44. The smallest absolute Gasteiger partial charge is 0.346 e. The topological polar surface area (TPSA) is 142 Å². The molecule has 3 aromatic heterocycles. The van der Waals surface area contributed by atoms with Crippen LogP contribution < -0.4 is 15.4 Å². The number of likely N-dealkylation sites (N-methyl/N-ethyl adjacent to an activating group) is 1. The van der Waals surface area contributed by atoms with Gasteiger partial charge in [-0.05, 0) is 49.9 Å². The summed E-state index contributed by atoms with van der Waals surface area (Å²) in [7, 11) is 1.76. The highest BCUT2D eigenvalue weighted by Crippen LogP contribution is 2.46. The number of ether oxygens (including phenoxy) is 1. The Labute approximate surface area is 309 Å². The number of benzene rings is 2. The molecule has 3 fully saturated rings. The minimum absolute atomic E-state index is 0.00451. The van der Waals surface area contributed by atoms with E-state index >= 15 is 4.39 Å². The number of halogens is 5. The molecule has 53 heavy (non-hydrogen) atoms. The van der Waals surface area contributed by atoms with Crippen LogP contribution in [0.15, 0.2) is 24.5 Å². The summed E-state index contributed by atoms with van der Waals surface area (Å²) in [6, 6.07) is 4.62. The quantitative estimate of drug-likeness (QED) is 0.182. The zero-order valence-corrected chi connectivity index (χ0v) is 30.2. The standard InChI is InChI=1S/C35H33ClF4N10O2S/c1-3-23-24(7-10-49(23)34(51)50-16-43-32(40)46-50)47(2)31-19-11-21(36)26(18-5-6-22(38)29-25(18)20(13-41)30(42)53-29)27(39)28(19)44-33(45-31)52-15-35-8-4-9-48(35)14-17(37)12-35/h5-6,11,16-17,23-24H,3-4,7-10,12,14-15,42H2,1-2H3/t17-,23-,24-,35+/m1/s1. The van der Waals surface area contributed by atoms with E-state index in [4.69, 9.17) is 27.1 Å². The van der Waals surface area contributed by atoms with Gasteiger partial charge in [0, 0.05) is 42.9 Å². The molecule has 3 aliphatic heterocycles. The number of fused-ring (bicyclic) bond motifs is 3. The Hall–Kier alpha value is -4.79. The maximum atomic E-state index is 17.2. The summed E-state index contributed by atoms with van der Waals surface area (Å²) in [5, 5.41) is 13.9. The SMILES string of the molecule is CC[C@@H]1[C@H](N(C)c2nc(OC[C@@]34CCCN3C[C@H](F)C4)nc3c(F)c(-c4ccc(F)c5sc(N)c(C#N)c45)c(Cl)cc23)CCN1C(=O)n1cnc(F)n1. The number of nitrogen functional groups attached to an aromatic ring is 1. The number of nitrogens with two attached hydrogens (primary N) is 1. The lowest BCUT2D eigenvalue weighted by molar-refractivity contribution is 0.107. The number of anilines is 2. The fourth-order valence-corrected chi connectivity index (χ4v) is 9.78. The number of nitrogens with zero attached hydrogens (tertiary/aromatic N) is 9. The van der Waals surface area contributed by atoms with Crippen LogP contribution >= 0.6 is 22.9 Å². The summed E-state index contributed by atoms with van der Waals surface area (Å²) in [5.74, 6) is -1.21. The Balaban J connectivity index is 1.25. The summed E-state index contributed by atoms with van der Waals surface area (Å²) in [6.45, 7) is 3.37. The van der Waals surface area contributed by atoms with Gasteiger partial charge in [-0.15, -0.1) is 16.4 Å². The van der Waals surface area contributed by atoms with Crippen molar-refractivity contribution in [3.05, 3.63) is 52.8 Å². The molecule has 1 amide bonds. The molecule has 6 heterocycles. The van der Waals surface area contributed by atoms with E-state index in [2.05, 4.69) is 20.0 Å². The number of amides is 1. The largest absolute Gasteiger partial charge is 0.461 e. The molecule has 0 spiro atoms. The number of nitriles is 1. The van der Waals surface area contributed by atoms with Crippen molar-refractivity contribution < 1.29 is 27.1 Å². The number of hydrogen-bond donors (Lipinski definition) is 1. The second kappa shape index (κ2) is 13.3. The van der Waals surface area contributed by atoms with Gasteiger partial charge in [-0.1, -0.05) is 24.6 Å². The van der Waals surface area contributed by atoms with Crippen molar-refractivity contribution in [2.75, 3.05) is 43.9 Å². The van der Waals surface area contributed by atoms with Crippen LogP contribution in [0.25, 0.3) is 32.1 Å². The zero-order chi connectivity index (χ0) is 37.3. The average molecular weight is 769 g/mol. The summed E-state index contributed by atoms with van der Waals surface area (Å²) in [6.07, 6.45) is 1.91. The Kier molecular flexibility index (Phi) is 8.82. The van der Waals surface area contributed by atoms with E-state index in [1.165, 1.54) is 18.2 Å². The first-order valence-corrected chi connectivity index (χ1v) is 18.4. The third kappa shape index (κ3) is 5.69. The van der Waals surface area contributed by atoms with Crippen molar-refractivity contribution >= 4 is 60.8 Å². The Bertz CT molecular complexity index is 2330. The first-order valence-electron chi connectivity index (χ1n) is 17.2. The lowest BCUT2D eigenvalue weighted by Crippen LogP contribution is -2.47. The number of alkyl halides is 1. The number of carbonyl (C=O) groups is 1. The van der Waals surface area contributed by atoms with E-state index in [1.807, 2.05) is 17.9 Å². The molecular weight excluding hydrogens is 736 g/mol. The number of hydrogen-bond acceptors (Lipinski definition) is 11. The first kappa shape index (κ1) is 35.3. The predicted molar refractivity (Wildman–Crippen MR) is 191 cm³/mol. The minimum atomic E-state index is -1.02. The van der Waals surface area contributed by atoms with Gasteiger partial charge in [0.2, 0.25) is 0 Å². The fraction of sp³-hybridized carbons (Fsp3) is 0.429. The van der Waals surface area contributed by atoms with E-state index in [1.54, 1.807) is 11.9 Å². The molecule has 2 N–H and O–H groups in total. The van der Waals surface area contributed by atoms with Crippen molar-refractivity contribution in [1.29, 1.82) is 5.26 Å². The average Bonchev–Trinajstić information content (AvgIpc) is 3.96. The van der Waals surface area contributed by atoms with Gasteiger partial charge >= 0.3 is 18.1 Å². The van der Waals surface area contributed by atoms with E-state index in [0.29, 0.717) is 32.4 Å². The molecule has 12 nitrogen and oxygen atoms in total. The van der Waals surface area contributed by atoms with Gasteiger partial charge in [-0.2, -0.15) is 29.3 Å². The molecule has 3 aliphatic rings. The molecule has 4 atom stereocenters. The maximum absolute atomic E-state index is 17.2. The molecule has 5 aromatic rings. The predicted octanol–water partition coefficient (Wildman–Crippen LogP) is 6.54. The molecule has 0 bridgehead atoms. The van der Waals surface area contributed by atoms with Crippen molar-refractivity contribution in [3.63, 3.8) is 0 Å². The molecule has 2 aromatic carbocycles. The molecule has 18 heteroatoms. The highest BCUT2D eigenvalue weighted by Gasteiger charge is 2.49. The van der Waals surface area contributed by atoms with Crippen LogP contribution in [-0.4, -0.2) is 97.6 Å². The van der Waals surface area contributed by atoms with Crippen LogP contribution in [0, 0.1) is 29.0 Å². The minimum Gasteiger partial charge on any atom is -0.461 e. The third-order valence-corrected chi connectivity index (χ3v) is 12.3. The lowest BCUT2D eigenvalue weighted by atomic mass is 9.95. The number of thiophene rings is 1. The van der Waals surface area contributed by atoms with Gasteiger partial charge < -0.3 is 20.3 Å². The van der Waals surface area contributed by atoms with Gasteiger partial charge in [0.15, 0.2) is 5.82 Å². The zero-order valence-electron chi connectivity index (χ0n) is 28.6. The van der Waals surface area contributed by atoms with Crippen LogP contribution in [-0.2, 0) is 0 Å². The van der Waals surface area contributed by atoms with Crippen LogP contribution in [0.4, 0.5) is 33.2 Å². The highest BCUT2D eigenvalue weighted by molar-refractivity contribution is 7.23. The highest BCUT2D eigenvalue weighted by atomic mass is 35.5. The third-order valence-electron chi connectivity index (χ3n) is 10.9. The number of aromatic nitrogens is 5. The molecular formula is C35H33ClF4N10O2S. The van der Waals surface area contributed by atoms with Crippen molar-refractivity contribution in [2.24, 2.45) is 0 Å². The van der Waals surface area contributed by atoms with E-state index in [-0.39, 0.29) is 78.2 Å². The van der Waals surface area contributed by atoms with Crippen molar-refractivity contribution in [3.8, 4) is 23.2 Å². The van der Waals surface area contributed by atoms with Gasteiger partial charge in [0.1, 0.15) is 47.3 Å². The molecule has 0 unspecified atom stereocenters. The van der Waals surface area contributed by atoms with Crippen LogP contribution in [0.3, 0.4) is 0 Å². The maximum Gasteiger partial charge on any atom is 0.346 e. The summed E-state index contributed by atoms with van der Waals surface area (Å²) < 4.78 is 67.6. The Morgan fingerprint density at radius 2 is 2.08 bits per heavy atom. The summed E-state index contributed by atoms with van der Waals surface area (Å²) >= 11 is 7.77. The second-order valence-corrected chi connectivity index (χ2v) is 15.2. The molecule has 3 saturated heterocycles. The Morgan fingerprint density at radius 3 is 2.81 bits per heavy atom. The normalized spacial score (nSPS) is 22.9. The molecule has 0 aliphatic carbocycles.